The molecule has 1 aromatic heterocycles. The van der Waals surface area contributed by atoms with Gasteiger partial charge in [0.05, 0.1) is 0 Å². The summed E-state index contributed by atoms with van der Waals surface area (Å²) in [5, 5.41) is 0. The summed E-state index contributed by atoms with van der Waals surface area (Å²) in [6.07, 6.45) is 10.6. The number of hydrogen-bond donors (Lipinski definition) is 0. The molecule has 0 spiro atoms. The van der Waals surface area contributed by atoms with Crippen molar-refractivity contribution in [2.45, 2.75) is 12.8 Å². The molecule has 7 aromatic rings. The molecule has 3 heterocycles. The molecular weight excluding hydrogens is 579 g/mol. The highest BCUT2D eigenvalue weighted by Gasteiger charge is 2.42. The molecule has 0 saturated heterocycles. The minimum Gasteiger partial charge on any atom is -0.376 e. The van der Waals surface area contributed by atoms with E-state index in [1.54, 1.807) is 0 Å². The van der Waals surface area contributed by atoms with Crippen LogP contribution in [0.15, 0.2) is 158 Å². The molecule has 0 N–H and O–H groups in total. The van der Waals surface area contributed by atoms with Crippen molar-refractivity contribution in [3.8, 4) is 55.6 Å². The first-order valence-corrected chi connectivity index (χ1v) is 16.9. The molecule has 6 aromatic carbocycles. The SMILES string of the molecule is C1=Cc2cc(-c3ccc4c(c3)-c3ccccc3B3c5ccccc5-c5cc(-c6ccc(-c7cccnc7)cc6)ccc5N34)ccc2CC1. The second-order valence-electron chi connectivity index (χ2n) is 13.1. The van der Waals surface area contributed by atoms with Gasteiger partial charge < -0.3 is 4.81 Å². The number of allylic oxidation sites excluding steroid dienone is 1. The van der Waals surface area contributed by atoms with Gasteiger partial charge in [-0.15, -0.1) is 0 Å². The van der Waals surface area contributed by atoms with E-state index in [-0.39, 0.29) is 6.85 Å². The Hall–Kier alpha value is -5.93. The molecule has 0 bridgehead atoms. The van der Waals surface area contributed by atoms with Gasteiger partial charge in [0.1, 0.15) is 0 Å². The molecule has 0 amide bonds. The van der Waals surface area contributed by atoms with E-state index < -0.39 is 0 Å². The maximum Gasteiger partial charge on any atom is 0.329 e. The Morgan fingerprint density at radius 1 is 0.500 bits per heavy atom. The standard InChI is InChI=1S/C45H31BN2/c1-2-9-33-26-34(20-19-30(33)8-1)36-22-24-45-41(28-36)39-12-4-6-14-43(39)46-42-13-5-3-11-38(42)40-27-35(21-23-44(40)48(45)46)31-15-17-32(18-16-31)37-10-7-25-47-29-37/h2-7,9-29H,1,8H2. The third kappa shape index (κ3) is 4.24. The summed E-state index contributed by atoms with van der Waals surface area (Å²) in [7, 11) is 0. The number of hydrogen-bond acceptors (Lipinski definition) is 2. The Balaban J connectivity index is 1.12. The van der Waals surface area contributed by atoms with Gasteiger partial charge in [-0.2, -0.15) is 0 Å². The number of fused-ring (bicyclic) bond motifs is 12. The normalized spacial score (nSPS) is 13.5. The van der Waals surface area contributed by atoms with Crippen molar-refractivity contribution in [3.05, 3.63) is 169 Å². The molecule has 0 saturated carbocycles. The zero-order chi connectivity index (χ0) is 31.6. The second-order valence-corrected chi connectivity index (χ2v) is 13.1. The van der Waals surface area contributed by atoms with Crippen LogP contribution in [0, 0.1) is 0 Å². The van der Waals surface area contributed by atoms with E-state index in [0.717, 1.165) is 18.4 Å². The van der Waals surface area contributed by atoms with Crippen molar-refractivity contribution >= 4 is 35.2 Å². The fraction of sp³-hybridized carbons (Fsp3) is 0.0444. The molecule has 3 heteroatoms. The number of rotatable bonds is 3. The molecule has 0 atom stereocenters. The lowest BCUT2D eigenvalue weighted by Gasteiger charge is -2.43. The van der Waals surface area contributed by atoms with Gasteiger partial charge in [-0.05, 0) is 116 Å². The van der Waals surface area contributed by atoms with Crippen LogP contribution in [0.3, 0.4) is 0 Å². The minimum absolute atomic E-state index is 0.0988. The Labute approximate surface area is 281 Å². The van der Waals surface area contributed by atoms with E-state index in [2.05, 4.69) is 155 Å². The average Bonchev–Trinajstić information content (AvgIpc) is 3.17. The fourth-order valence-electron chi connectivity index (χ4n) is 8.09. The van der Waals surface area contributed by atoms with E-state index in [4.69, 9.17) is 0 Å². The summed E-state index contributed by atoms with van der Waals surface area (Å²) in [6, 6.07) is 52.0. The van der Waals surface area contributed by atoms with Gasteiger partial charge in [-0.25, -0.2) is 0 Å². The topological polar surface area (TPSA) is 16.1 Å². The second kappa shape index (κ2) is 10.8. The van der Waals surface area contributed by atoms with Gasteiger partial charge in [0, 0.05) is 34.9 Å². The lowest BCUT2D eigenvalue weighted by molar-refractivity contribution is 0.986. The minimum atomic E-state index is 0.0988. The lowest BCUT2D eigenvalue weighted by atomic mass is 9.43. The number of nitrogens with zero attached hydrogens (tertiary/aromatic N) is 2. The van der Waals surface area contributed by atoms with Crippen molar-refractivity contribution in [2.24, 2.45) is 0 Å². The number of pyridine rings is 1. The predicted molar refractivity (Wildman–Crippen MR) is 202 cm³/mol. The van der Waals surface area contributed by atoms with Crippen LogP contribution in [0.5, 0.6) is 0 Å². The summed E-state index contributed by atoms with van der Waals surface area (Å²) in [4.78, 5) is 6.89. The van der Waals surface area contributed by atoms with Gasteiger partial charge in [0.25, 0.3) is 0 Å². The summed E-state index contributed by atoms with van der Waals surface area (Å²) < 4.78 is 0. The van der Waals surface area contributed by atoms with Crippen molar-refractivity contribution in [1.82, 2.24) is 4.98 Å². The molecular formula is C45H31BN2. The predicted octanol–water partition coefficient (Wildman–Crippen LogP) is 9.95. The third-order valence-corrected chi connectivity index (χ3v) is 10.4. The summed E-state index contributed by atoms with van der Waals surface area (Å²) >= 11 is 0. The Bertz CT molecular complexity index is 2410. The highest BCUT2D eigenvalue weighted by atomic mass is 15.1. The van der Waals surface area contributed by atoms with Crippen LogP contribution in [0.1, 0.15) is 17.5 Å². The van der Waals surface area contributed by atoms with E-state index in [1.165, 1.54) is 83.5 Å². The molecule has 0 fully saturated rings. The Kier molecular flexibility index (Phi) is 6.14. The zero-order valence-electron chi connectivity index (χ0n) is 26.5. The molecule has 48 heavy (non-hydrogen) atoms. The van der Waals surface area contributed by atoms with Gasteiger partial charge in [0.2, 0.25) is 0 Å². The van der Waals surface area contributed by atoms with Crippen LogP contribution >= 0.6 is 0 Å². The maximum atomic E-state index is 4.30. The van der Waals surface area contributed by atoms with Crippen LogP contribution in [-0.2, 0) is 6.42 Å². The number of aromatic nitrogens is 1. The van der Waals surface area contributed by atoms with E-state index >= 15 is 0 Å². The number of anilines is 2. The van der Waals surface area contributed by atoms with Crippen LogP contribution in [0.2, 0.25) is 0 Å². The molecule has 224 valence electrons. The van der Waals surface area contributed by atoms with Crippen molar-refractivity contribution in [1.29, 1.82) is 0 Å². The highest BCUT2D eigenvalue weighted by Crippen LogP contribution is 2.48. The summed E-state index contributed by atoms with van der Waals surface area (Å²) in [5.74, 6) is 0. The quantitative estimate of drug-likeness (QED) is 0.185. The maximum absolute atomic E-state index is 4.30. The Morgan fingerprint density at radius 2 is 1.08 bits per heavy atom. The van der Waals surface area contributed by atoms with Gasteiger partial charge in [-0.1, -0.05) is 115 Å². The first-order chi connectivity index (χ1) is 23.8. The molecule has 10 rings (SSSR count). The number of benzene rings is 6. The smallest absolute Gasteiger partial charge is 0.329 e. The largest absolute Gasteiger partial charge is 0.376 e. The number of aryl methyl sites for hydroxylation is 1. The van der Waals surface area contributed by atoms with Crippen LogP contribution < -0.4 is 15.7 Å². The van der Waals surface area contributed by atoms with Crippen LogP contribution in [0.4, 0.5) is 11.4 Å². The van der Waals surface area contributed by atoms with Crippen LogP contribution in [-0.4, -0.2) is 11.8 Å². The molecule has 3 aliphatic rings. The van der Waals surface area contributed by atoms with Gasteiger partial charge in [0.15, 0.2) is 0 Å². The third-order valence-electron chi connectivity index (χ3n) is 10.4. The molecule has 0 unspecified atom stereocenters. The Morgan fingerprint density at radius 3 is 1.75 bits per heavy atom. The fourth-order valence-corrected chi connectivity index (χ4v) is 8.09. The van der Waals surface area contributed by atoms with Gasteiger partial charge in [-0.3, -0.25) is 4.98 Å². The molecule has 1 aliphatic carbocycles. The van der Waals surface area contributed by atoms with Gasteiger partial charge >= 0.3 is 6.85 Å². The van der Waals surface area contributed by atoms with Crippen molar-refractivity contribution in [3.63, 3.8) is 0 Å². The zero-order valence-corrected chi connectivity index (χ0v) is 26.5. The monoisotopic (exact) mass is 610 g/mol. The van der Waals surface area contributed by atoms with E-state index in [1.807, 2.05) is 18.5 Å². The first kappa shape index (κ1) is 27.2. The molecule has 2 aliphatic heterocycles. The first-order valence-electron chi connectivity index (χ1n) is 16.9. The van der Waals surface area contributed by atoms with Crippen molar-refractivity contribution in [2.75, 3.05) is 4.81 Å². The lowest BCUT2D eigenvalue weighted by Crippen LogP contribution is -2.59. The average molecular weight is 611 g/mol. The highest BCUT2D eigenvalue weighted by molar-refractivity contribution is 6.92. The van der Waals surface area contributed by atoms with E-state index in [9.17, 15) is 0 Å². The summed E-state index contributed by atoms with van der Waals surface area (Å²) in [5.41, 5.74) is 20.4. The molecule has 2 nitrogen and oxygen atoms in total. The van der Waals surface area contributed by atoms with E-state index in [0.29, 0.717) is 0 Å². The summed E-state index contributed by atoms with van der Waals surface area (Å²) in [6.45, 7) is 0.0988. The molecule has 0 radical (unpaired) electrons. The van der Waals surface area contributed by atoms with Crippen LogP contribution in [0.25, 0.3) is 61.7 Å². The van der Waals surface area contributed by atoms with Crippen molar-refractivity contribution < 1.29 is 0 Å².